The standard InChI is InChI=1S/C13H15BrF2OS2/c1-2-9-13(19-6-5-18-9)12(17)10-8(15)4-3-7(14)11(10)16/h3-4,9,12-13,17H,2,5-6H2,1H3. The number of rotatable bonds is 3. The molecule has 1 heterocycles. The van der Waals surface area contributed by atoms with E-state index in [0.717, 1.165) is 17.9 Å². The Morgan fingerprint density at radius 1 is 1.37 bits per heavy atom. The number of halogens is 3. The molecule has 1 aliphatic heterocycles. The van der Waals surface area contributed by atoms with E-state index in [-0.39, 0.29) is 20.5 Å². The summed E-state index contributed by atoms with van der Waals surface area (Å²) in [4.78, 5) is 0. The molecule has 1 saturated heterocycles. The lowest BCUT2D eigenvalue weighted by Crippen LogP contribution is -2.32. The van der Waals surface area contributed by atoms with E-state index in [1.54, 1.807) is 23.5 Å². The lowest BCUT2D eigenvalue weighted by molar-refractivity contribution is 0.162. The average molecular weight is 369 g/mol. The Hall–Kier alpha value is 0.220. The third kappa shape index (κ3) is 3.28. The van der Waals surface area contributed by atoms with E-state index in [1.807, 2.05) is 6.92 Å². The molecule has 0 bridgehead atoms. The minimum absolute atomic E-state index is 0.165. The van der Waals surface area contributed by atoms with Gasteiger partial charge in [0, 0.05) is 22.0 Å². The van der Waals surface area contributed by atoms with Crippen LogP contribution in [-0.2, 0) is 0 Å². The van der Waals surface area contributed by atoms with Crippen LogP contribution in [0, 0.1) is 11.6 Å². The van der Waals surface area contributed by atoms with Crippen LogP contribution >= 0.6 is 39.5 Å². The molecule has 1 nitrogen and oxygen atoms in total. The zero-order valence-electron chi connectivity index (χ0n) is 10.4. The van der Waals surface area contributed by atoms with Crippen molar-refractivity contribution in [3.8, 4) is 0 Å². The van der Waals surface area contributed by atoms with Gasteiger partial charge in [-0.15, -0.1) is 0 Å². The highest BCUT2D eigenvalue weighted by Gasteiger charge is 2.35. The van der Waals surface area contributed by atoms with Crippen LogP contribution < -0.4 is 0 Å². The largest absolute Gasteiger partial charge is 0.387 e. The normalized spacial score (nSPS) is 25.3. The third-order valence-electron chi connectivity index (χ3n) is 3.18. The maximum Gasteiger partial charge on any atom is 0.146 e. The molecule has 0 amide bonds. The molecule has 1 aromatic carbocycles. The molecule has 0 spiro atoms. The minimum atomic E-state index is -1.11. The van der Waals surface area contributed by atoms with Gasteiger partial charge in [0.05, 0.1) is 16.1 Å². The SMILES string of the molecule is CCC1SCCSC1C(O)c1c(F)ccc(Br)c1F. The Kier molecular flexibility index (Phi) is 5.57. The number of thioether (sulfide) groups is 2. The van der Waals surface area contributed by atoms with Crippen molar-refractivity contribution < 1.29 is 13.9 Å². The molecular formula is C13H15BrF2OS2. The second-order valence-electron chi connectivity index (χ2n) is 4.35. The fraction of sp³-hybridized carbons (Fsp3) is 0.538. The second-order valence-corrected chi connectivity index (χ2v) is 7.84. The molecule has 0 saturated carbocycles. The van der Waals surface area contributed by atoms with Gasteiger partial charge in [-0.2, -0.15) is 23.5 Å². The quantitative estimate of drug-likeness (QED) is 0.799. The van der Waals surface area contributed by atoms with E-state index < -0.39 is 17.7 Å². The van der Waals surface area contributed by atoms with Crippen LogP contribution in [-0.4, -0.2) is 27.1 Å². The van der Waals surface area contributed by atoms with Crippen molar-refractivity contribution in [2.24, 2.45) is 0 Å². The van der Waals surface area contributed by atoms with Crippen molar-refractivity contribution in [2.45, 2.75) is 29.9 Å². The van der Waals surface area contributed by atoms with Crippen LogP contribution in [0.15, 0.2) is 16.6 Å². The van der Waals surface area contributed by atoms with Crippen molar-refractivity contribution in [2.75, 3.05) is 11.5 Å². The fourth-order valence-electron chi connectivity index (χ4n) is 2.21. The van der Waals surface area contributed by atoms with Crippen molar-refractivity contribution in [3.63, 3.8) is 0 Å². The molecule has 3 unspecified atom stereocenters. The van der Waals surface area contributed by atoms with Gasteiger partial charge in [-0.1, -0.05) is 6.92 Å². The minimum Gasteiger partial charge on any atom is -0.387 e. The summed E-state index contributed by atoms with van der Waals surface area (Å²) in [6.45, 7) is 2.04. The Bertz CT molecular complexity index is 459. The van der Waals surface area contributed by atoms with Gasteiger partial charge in [0.2, 0.25) is 0 Å². The highest BCUT2D eigenvalue weighted by molar-refractivity contribution is 9.10. The Morgan fingerprint density at radius 3 is 2.74 bits per heavy atom. The molecule has 0 radical (unpaired) electrons. The topological polar surface area (TPSA) is 20.2 Å². The van der Waals surface area contributed by atoms with E-state index in [9.17, 15) is 13.9 Å². The van der Waals surface area contributed by atoms with Crippen molar-refractivity contribution >= 4 is 39.5 Å². The number of hydrogen-bond donors (Lipinski definition) is 1. The number of hydrogen-bond acceptors (Lipinski definition) is 3. The molecule has 1 aromatic rings. The second kappa shape index (κ2) is 6.78. The molecule has 0 aromatic heterocycles. The smallest absolute Gasteiger partial charge is 0.146 e. The lowest BCUT2D eigenvalue weighted by atomic mass is 10.0. The summed E-state index contributed by atoms with van der Waals surface area (Å²) in [5.41, 5.74) is -0.215. The molecule has 2 rings (SSSR count). The van der Waals surface area contributed by atoms with Gasteiger partial charge in [-0.25, -0.2) is 8.78 Å². The summed E-state index contributed by atoms with van der Waals surface area (Å²) < 4.78 is 28.1. The molecule has 6 heteroatoms. The fourth-order valence-corrected chi connectivity index (χ4v) is 5.67. The predicted molar refractivity (Wildman–Crippen MR) is 81.8 cm³/mol. The lowest BCUT2D eigenvalue weighted by Gasteiger charge is -2.33. The summed E-state index contributed by atoms with van der Waals surface area (Å²) >= 11 is 6.42. The van der Waals surface area contributed by atoms with Crippen LogP contribution in [0.3, 0.4) is 0 Å². The molecule has 106 valence electrons. The van der Waals surface area contributed by atoms with Gasteiger partial charge in [-0.3, -0.25) is 0 Å². The molecule has 3 atom stereocenters. The zero-order valence-corrected chi connectivity index (χ0v) is 13.6. The average Bonchev–Trinajstić information content (AvgIpc) is 2.43. The van der Waals surface area contributed by atoms with Crippen LogP contribution in [0.4, 0.5) is 8.78 Å². The Labute approximate surface area is 128 Å². The van der Waals surface area contributed by atoms with Crippen LogP contribution in [0.1, 0.15) is 25.0 Å². The van der Waals surface area contributed by atoms with Gasteiger partial charge < -0.3 is 5.11 Å². The van der Waals surface area contributed by atoms with Crippen molar-refractivity contribution in [1.29, 1.82) is 0 Å². The highest BCUT2D eigenvalue weighted by Crippen LogP contribution is 2.42. The van der Waals surface area contributed by atoms with Crippen LogP contribution in [0.2, 0.25) is 0 Å². The molecule has 0 aliphatic carbocycles. The molecular weight excluding hydrogens is 354 g/mol. The summed E-state index contributed by atoms with van der Waals surface area (Å²) in [5, 5.41) is 10.5. The predicted octanol–water partition coefficient (Wildman–Crippen LogP) is 4.39. The Balaban J connectivity index is 2.32. The zero-order chi connectivity index (χ0) is 14.0. The van der Waals surface area contributed by atoms with Gasteiger partial charge in [0.1, 0.15) is 11.6 Å². The third-order valence-corrected chi connectivity index (χ3v) is 7.13. The number of aliphatic hydroxyl groups excluding tert-OH is 1. The Morgan fingerprint density at radius 2 is 2.05 bits per heavy atom. The van der Waals surface area contributed by atoms with Gasteiger partial charge in [0.15, 0.2) is 0 Å². The van der Waals surface area contributed by atoms with Gasteiger partial charge in [-0.05, 0) is 34.5 Å². The highest BCUT2D eigenvalue weighted by atomic mass is 79.9. The summed E-state index contributed by atoms with van der Waals surface area (Å²) in [6.07, 6.45) is -0.225. The van der Waals surface area contributed by atoms with Gasteiger partial charge in [0.25, 0.3) is 0 Å². The first-order valence-corrected chi connectivity index (χ1v) is 9.00. The first-order chi connectivity index (χ1) is 9.06. The molecule has 19 heavy (non-hydrogen) atoms. The molecule has 1 fully saturated rings. The maximum absolute atomic E-state index is 14.0. The monoisotopic (exact) mass is 368 g/mol. The summed E-state index contributed by atoms with van der Waals surface area (Å²) in [6, 6.07) is 2.51. The number of benzene rings is 1. The van der Waals surface area contributed by atoms with Crippen molar-refractivity contribution in [1.82, 2.24) is 0 Å². The van der Waals surface area contributed by atoms with E-state index >= 15 is 0 Å². The van der Waals surface area contributed by atoms with Gasteiger partial charge >= 0.3 is 0 Å². The maximum atomic E-state index is 14.0. The van der Waals surface area contributed by atoms with E-state index in [2.05, 4.69) is 15.9 Å². The molecule has 1 aliphatic rings. The van der Waals surface area contributed by atoms with Crippen LogP contribution in [0.25, 0.3) is 0 Å². The number of aliphatic hydroxyl groups is 1. The van der Waals surface area contributed by atoms with E-state index in [0.29, 0.717) is 0 Å². The van der Waals surface area contributed by atoms with E-state index in [1.165, 1.54) is 12.1 Å². The van der Waals surface area contributed by atoms with E-state index in [4.69, 9.17) is 0 Å². The molecule has 1 N–H and O–H groups in total. The van der Waals surface area contributed by atoms with Crippen molar-refractivity contribution in [3.05, 3.63) is 33.8 Å². The first kappa shape index (κ1) is 15.6. The summed E-state index contributed by atoms with van der Waals surface area (Å²) in [7, 11) is 0. The summed E-state index contributed by atoms with van der Waals surface area (Å²) in [5.74, 6) is 0.549. The first-order valence-electron chi connectivity index (χ1n) is 6.11. The van der Waals surface area contributed by atoms with Crippen LogP contribution in [0.5, 0.6) is 0 Å².